The van der Waals surface area contributed by atoms with Crippen molar-refractivity contribution in [2.75, 3.05) is 0 Å². The van der Waals surface area contributed by atoms with Crippen LogP contribution in [0.3, 0.4) is 0 Å². The van der Waals surface area contributed by atoms with Crippen LogP contribution < -0.4 is 0 Å². The first-order valence-corrected chi connectivity index (χ1v) is 5.43. The van der Waals surface area contributed by atoms with Crippen molar-refractivity contribution < 1.29 is 0 Å². The number of rotatable bonds is 0. The second-order valence-electron chi connectivity index (χ2n) is 1.01. The van der Waals surface area contributed by atoms with E-state index in [1.54, 1.807) is 0 Å². The van der Waals surface area contributed by atoms with Gasteiger partial charge in [-0.15, -0.1) is 12.4 Å². The highest BCUT2D eigenvalue weighted by Crippen LogP contribution is 1.79. The van der Waals surface area contributed by atoms with E-state index in [1.165, 1.54) is 0 Å². The van der Waals surface area contributed by atoms with Crippen LogP contribution in [0, 0.1) is 0 Å². The molecule has 0 aliphatic rings. The lowest BCUT2D eigenvalue weighted by Gasteiger charge is -1.72. The highest BCUT2D eigenvalue weighted by molar-refractivity contribution is 7.05. The van der Waals surface area contributed by atoms with Gasteiger partial charge in [-0.2, -0.15) is 11.1 Å². The molecule has 0 spiro atoms. The minimum Gasteiger partial charge on any atom is -0.172 e. The van der Waals surface area contributed by atoms with E-state index in [9.17, 15) is 0 Å². The molecule has 0 amide bonds. The molecule has 0 aliphatic carbocycles. The van der Waals surface area contributed by atoms with Gasteiger partial charge in [0.2, 0.25) is 0 Å². The Morgan fingerprint density at radius 3 is 1.40 bits per heavy atom. The monoisotopic (exact) mass is 130 g/mol. The molecular weight excluding hydrogens is 123 g/mol. The maximum absolute atomic E-state index is 5.41. The molecule has 0 radical (unpaired) electrons. The Morgan fingerprint density at radius 2 is 1.40 bits per heavy atom. The molecule has 0 nitrogen and oxygen atoms in total. The summed E-state index contributed by atoms with van der Waals surface area (Å²) in [5.74, 6) is 0. The Bertz CT molecular complexity index is 12.4. The molecule has 0 saturated heterocycles. The van der Waals surface area contributed by atoms with Crippen molar-refractivity contribution in [1.82, 2.24) is 0 Å². The van der Waals surface area contributed by atoms with Crippen molar-refractivity contribution in [2.45, 2.75) is 13.1 Å². The molecule has 3 heteroatoms. The molecule has 0 atom stereocenters. The highest BCUT2D eigenvalue weighted by Gasteiger charge is 1.76. The van der Waals surface area contributed by atoms with E-state index in [1.807, 2.05) is 0 Å². The van der Waals surface area contributed by atoms with Crippen LogP contribution in [0.2, 0.25) is 13.1 Å². The lowest BCUT2D eigenvalue weighted by atomic mass is 11.9. The SMILES string of the molecule is C[SiH](C)Cl.Cl. The average Bonchev–Trinajstić information content (AvgIpc) is 0.811. The topological polar surface area (TPSA) is 0 Å². The fourth-order valence-electron chi connectivity index (χ4n) is 0. The van der Waals surface area contributed by atoms with Crippen LogP contribution in [0.1, 0.15) is 0 Å². The summed E-state index contributed by atoms with van der Waals surface area (Å²) in [6.07, 6.45) is 0. The smallest absolute Gasteiger partial charge is 0.134 e. The molecule has 5 heavy (non-hydrogen) atoms. The van der Waals surface area contributed by atoms with E-state index < -0.39 is 8.11 Å². The zero-order chi connectivity index (χ0) is 3.58. The summed E-state index contributed by atoms with van der Waals surface area (Å²) in [5.41, 5.74) is 0. The summed E-state index contributed by atoms with van der Waals surface area (Å²) in [6.45, 7) is 4.14. The maximum atomic E-state index is 5.41. The summed E-state index contributed by atoms with van der Waals surface area (Å²) in [7, 11) is -0.667. The fraction of sp³-hybridized carbons (Fsp3) is 1.00. The minimum absolute atomic E-state index is 0. The van der Waals surface area contributed by atoms with Crippen LogP contribution in [-0.4, -0.2) is 8.11 Å². The lowest BCUT2D eigenvalue weighted by Crippen LogP contribution is -1.78. The maximum Gasteiger partial charge on any atom is 0.134 e. The molecule has 0 aromatic carbocycles. The van der Waals surface area contributed by atoms with Gasteiger partial charge in [-0.3, -0.25) is 0 Å². The quantitative estimate of drug-likeness (QED) is 0.346. The van der Waals surface area contributed by atoms with Gasteiger partial charge in [-0.25, -0.2) is 0 Å². The molecule has 0 bridgehead atoms. The average molecular weight is 131 g/mol. The summed E-state index contributed by atoms with van der Waals surface area (Å²) < 4.78 is 0. The van der Waals surface area contributed by atoms with Crippen molar-refractivity contribution in [2.24, 2.45) is 0 Å². The predicted octanol–water partition coefficient (Wildman–Crippen LogP) is 1.63. The van der Waals surface area contributed by atoms with Crippen molar-refractivity contribution in [1.29, 1.82) is 0 Å². The summed E-state index contributed by atoms with van der Waals surface area (Å²) >= 11 is 5.41. The zero-order valence-corrected chi connectivity index (χ0v) is 6.09. The van der Waals surface area contributed by atoms with Gasteiger partial charge in [0, 0.05) is 0 Å². The molecule has 0 aromatic rings. The van der Waals surface area contributed by atoms with Crippen LogP contribution in [0.5, 0.6) is 0 Å². The molecule has 0 rings (SSSR count). The molecule has 0 aromatic heterocycles. The lowest BCUT2D eigenvalue weighted by molar-refractivity contribution is 2.10. The Balaban J connectivity index is 0. The fourth-order valence-corrected chi connectivity index (χ4v) is 0. The molecule has 0 heterocycles. The summed E-state index contributed by atoms with van der Waals surface area (Å²) in [4.78, 5) is 0. The molecule has 0 aliphatic heterocycles. The standard InChI is InChI=1S/C2H7ClSi.ClH/c1-4(2)3;/h4H,1-2H3;1H. The molecule has 0 saturated carbocycles. The van der Waals surface area contributed by atoms with Crippen molar-refractivity contribution in [3.63, 3.8) is 0 Å². The van der Waals surface area contributed by atoms with Gasteiger partial charge >= 0.3 is 0 Å². The third kappa shape index (κ3) is 59.1. The third-order valence-corrected chi connectivity index (χ3v) is 0. The first kappa shape index (κ1) is 9.25. The Kier molecular flexibility index (Phi) is 8.88. The molecular formula is C2H8Cl2Si. The van der Waals surface area contributed by atoms with Crippen LogP contribution >= 0.6 is 23.5 Å². The molecule has 34 valence electrons. The van der Waals surface area contributed by atoms with Crippen LogP contribution in [0.15, 0.2) is 0 Å². The number of hydrogen-bond acceptors (Lipinski definition) is 0. The second kappa shape index (κ2) is 4.80. The van der Waals surface area contributed by atoms with Crippen molar-refractivity contribution in [3.8, 4) is 0 Å². The predicted molar refractivity (Wildman–Crippen MR) is 32.0 cm³/mol. The van der Waals surface area contributed by atoms with Crippen molar-refractivity contribution in [3.05, 3.63) is 0 Å². The van der Waals surface area contributed by atoms with Crippen molar-refractivity contribution >= 4 is 31.6 Å². The molecule has 0 N–H and O–H groups in total. The Labute approximate surface area is 45.2 Å². The van der Waals surface area contributed by atoms with Gasteiger partial charge < -0.3 is 0 Å². The normalized spacial score (nSPS) is 7.20. The van der Waals surface area contributed by atoms with Crippen LogP contribution in [0.25, 0.3) is 0 Å². The first-order valence-electron chi connectivity index (χ1n) is 1.37. The third-order valence-electron chi connectivity index (χ3n) is 0. The van der Waals surface area contributed by atoms with E-state index in [0.29, 0.717) is 0 Å². The van der Waals surface area contributed by atoms with Gasteiger partial charge in [0.25, 0.3) is 0 Å². The van der Waals surface area contributed by atoms with E-state index >= 15 is 0 Å². The van der Waals surface area contributed by atoms with Gasteiger partial charge in [-0.05, 0) is 0 Å². The molecule has 0 fully saturated rings. The van der Waals surface area contributed by atoms with Gasteiger partial charge in [0.15, 0.2) is 0 Å². The van der Waals surface area contributed by atoms with Crippen LogP contribution in [-0.2, 0) is 0 Å². The highest BCUT2D eigenvalue weighted by atomic mass is 35.6. The minimum atomic E-state index is -0.667. The zero-order valence-electron chi connectivity index (χ0n) is 3.36. The summed E-state index contributed by atoms with van der Waals surface area (Å²) in [6, 6.07) is 0. The second-order valence-corrected chi connectivity index (χ2v) is 5.66. The Hall–Kier alpha value is 0.797. The summed E-state index contributed by atoms with van der Waals surface area (Å²) in [5, 5.41) is 0. The molecule has 0 unspecified atom stereocenters. The van der Waals surface area contributed by atoms with E-state index in [-0.39, 0.29) is 12.4 Å². The van der Waals surface area contributed by atoms with E-state index in [0.717, 1.165) is 0 Å². The van der Waals surface area contributed by atoms with Gasteiger partial charge in [-0.1, -0.05) is 13.1 Å². The number of halogens is 2. The van der Waals surface area contributed by atoms with E-state index in [4.69, 9.17) is 11.1 Å². The largest absolute Gasteiger partial charge is 0.172 e. The number of hydrogen-bond donors (Lipinski definition) is 0. The first-order chi connectivity index (χ1) is 1.73. The van der Waals surface area contributed by atoms with Gasteiger partial charge in [0.05, 0.1) is 0 Å². The Morgan fingerprint density at radius 1 is 1.40 bits per heavy atom. The van der Waals surface area contributed by atoms with Gasteiger partial charge in [0.1, 0.15) is 8.11 Å². The van der Waals surface area contributed by atoms with Crippen LogP contribution in [0.4, 0.5) is 0 Å². The van der Waals surface area contributed by atoms with E-state index in [2.05, 4.69) is 13.1 Å².